The molecule has 0 radical (unpaired) electrons. The minimum absolute atomic E-state index is 0.0715. The zero-order chi connectivity index (χ0) is 16.1. The minimum Gasteiger partial charge on any atom is -0.386 e. The fraction of sp³-hybridized carbons (Fsp3) is 0.267. The van der Waals surface area contributed by atoms with E-state index in [1.807, 2.05) is 38.1 Å². The average Bonchev–Trinajstić information content (AvgIpc) is 2.97. The maximum atomic E-state index is 11.9. The Hall–Kier alpha value is -2.34. The number of alkyl halides is 1. The molecule has 0 bridgehead atoms. The Morgan fingerprint density at radius 1 is 1.36 bits per heavy atom. The Morgan fingerprint density at radius 3 is 2.64 bits per heavy atom. The molecule has 1 heterocycles. The number of nitrogens with one attached hydrogen (secondary N) is 1. The summed E-state index contributed by atoms with van der Waals surface area (Å²) in [5.41, 5.74) is 7.50. The van der Waals surface area contributed by atoms with Gasteiger partial charge in [0.1, 0.15) is 5.84 Å². The van der Waals surface area contributed by atoms with E-state index in [4.69, 9.17) is 17.3 Å². The highest BCUT2D eigenvalue weighted by Gasteiger charge is 2.10. The topological polar surface area (TPSA) is 85.3 Å². The molecule has 0 aliphatic heterocycles. The molecule has 0 fully saturated rings. The molecular formula is C15H18ClN5O. The van der Waals surface area contributed by atoms with Gasteiger partial charge in [0.15, 0.2) is 5.69 Å². The molecule has 2 rings (SSSR count). The largest absolute Gasteiger partial charge is 0.386 e. The highest BCUT2D eigenvalue weighted by atomic mass is 35.5. The summed E-state index contributed by atoms with van der Waals surface area (Å²) in [6.07, 6.45) is 1.74. The molecule has 22 heavy (non-hydrogen) atoms. The molecule has 0 saturated heterocycles. The predicted molar refractivity (Wildman–Crippen MR) is 88.2 cm³/mol. The first-order valence-electron chi connectivity index (χ1n) is 6.85. The van der Waals surface area contributed by atoms with Gasteiger partial charge >= 0.3 is 0 Å². The van der Waals surface area contributed by atoms with E-state index < -0.39 is 0 Å². The molecule has 116 valence electrons. The number of nitrogens with zero attached hydrogens (tertiary/aromatic N) is 3. The van der Waals surface area contributed by atoms with Crippen molar-refractivity contribution in [2.75, 3.05) is 5.88 Å². The van der Waals surface area contributed by atoms with Gasteiger partial charge in [-0.2, -0.15) is 5.10 Å². The van der Waals surface area contributed by atoms with Crippen LogP contribution in [0.25, 0.3) is 5.69 Å². The van der Waals surface area contributed by atoms with Crippen LogP contribution in [0.2, 0.25) is 0 Å². The highest BCUT2D eigenvalue weighted by Crippen LogP contribution is 2.16. The van der Waals surface area contributed by atoms with Crippen molar-refractivity contribution in [2.45, 2.75) is 19.9 Å². The zero-order valence-electron chi connectivity index (χ0n) is 12.5. The van der Waals surface area contributed by atoms with Crippen LogP contribution in [0.4, 0.5) is 5.69 Å². The number of nitrogens with two attached hydrogens (primary N) is 1. The first kappa shape index (κ1) is 16.0. The fourth-order valence-corrected chi connectivity index (χ4v) is 1.86. The standard InChI is InChI=1S/C15H18ClN5O/c1-10(2)18-15(22)13-7-8-21(20-13)12-5-3-11(4-6-12)19-14(17)9-16/h3-8,10H,9H2,1-2H3,(H2,17,19)(H,18,22). The van der Waals surface area contributed by atoms with Gasteiger partial charge in [-0.15, -0.1) is 11.6 Å². The second-order valence-electron chi connectivity index (χ2n) is 5.03. The smallest absolute Gasteiger partial charge is 0.271 e. The average molecular weight is 320 g/mol. The highest BCUT2D eigenvalue weighted by molar-refractivity contribution is 6.28. The van der Waals surface area contributed by atoms with E-state index in [0.29, 0.717) is 17.2 Å². The Balaban J connectivity index is 2.16. The van der Waals surface area contributed by atoms with E-state index in [1.165, 1.54) is 0 Å². The first-order valence-corrected chi connectivity index (χ1v) is 7.39. The molecule has 0 atom stereocenters. The van der Waals surface area contributed by atoms with Gasteiger partial charge in [-0.3, -0.25) is 4.79 Å². The number of rotatable bonds is 5. The lowest BCUT2D eigenvalue weighted by molar-refractivity contribution is 0.0937. The fourth-order valence-electron chi connectivity index (χ4n) is 1.80. The Morgan fingerprint density at radius 2 is 2.05 bits per heavy atom. The van der Waals surface area contributed by atoms with Crippen molar-refractivity contribution in [1.29, 1.82) is 0 Å². The van der Waals surface area contributed by atoms with E-state index >= 15 is 0 Å². The number of aliphatic imine (C=N–C) groups is 1. The van der Waals surface area contributed by atoms with Crippen LogP contribution in [0.5, 0.6) is 0 Å². The lowest BCUT2D eigenvalue weighted by atomic mass is 10.3. The minimum atomic E-state index is -0.190. The van der Waals surface area contributed by atoms with E-state index in [0.717, 1.165) is 5.69 Å². The van der Waals surface area contributed by atoms with Crippen molar-refractivity contribution < 1.29 is 4.79 Å². The molecule has 1 amide bonds. The van der Waals surface area contributed by atoms with Gasteiger partial charge in [0, 0.05) is 12.2 Å². The van der Waals surface area contributed by atoms with Crippen LogP contribution in [-0.2, 0) is 0 Å². The van der Waals surface area contributed by atoms with Gasteiger partial charge in [0.05, 0.1) is 17.3 Å². The van der Waals surface area contributed by atoms with Gasteiger partial charge in [0.2, 0.25) is 0 Å². The molecule has 3 N–H and O–H groups in total. The molecular weight excluding hydrogens is 302 g/mol. The van der Waals surface area contributed by atoms with Gasteiger partial charge in [-0.25, -0.2) is 9.67 Å². The number of hydrogen-bond donors (Lipinski definition) is 2. The van der Waals surface area contributed by atoms with Crippen molar-refractivity contribution in [3.05, 3.63) is 42.2 Å². The van der Waals surface area contributed by atoms with Crippen molar-refractivity contribution in [3.8, 4) is 5.69 Å². The molecule has 1 aromatic heterocycles. The van der Waals surface area contributed by atoms with Crippen molar-refractivity contribution in [3.63, 3.8) is 0 Å². The summed E-state index contributed by atoms with van der Waals surface area (Å²) in [4.78, 5) is 16.0. The normalized spacial score (nSPS) is 11.7. The number of carbonyl (C=O) groups excluding carboxylic acids is 1. The lowest BCUT2D eigenvalue weighted by Gasteiger charge is -2.06. The van der Waals surface area contributed by atoms with Crippen LogP contribution in [0.3, 0.4) is 0 Å². The van der Waals surface area contributed by atoms with Crippen LogP contribution < -0.4 is 11.1 Å². The second kappa shape index (κ2) is 7.09. The van der Waals surface area contributed by atoms with Gasteiger partial charge in [-0.05, 0) is 44.2 Å². The molecule has 7 heteroatoms. The van der Waals surface area contributed by atoms with Crippen LogP contribution in [0.15, 0.2) is 41.5 Å². The molecule has 0 aliphatic rings. The SMILES string of the molecule is CC(C)NC(=O)c1ccn(-c2ccc(N=C(N)CCl)cc2)n1. The molecule has 2 aromatic rings. The third-order valence-electron chi connectivity index (χ3n) is 2.77. The summed E-state index contributed by atoms with van der Waals surface area (Å²) in [5, 5.41) is 7.07. The predicted octanol–water partition coefficient (Wildman–Crippen LogP) is 2.24. The number of amides is 1. The van der Waals surface area contributed by atoms with E-state index in [2.05, 4.69) is 15.4 Å². The number of amidine groups is 1. The Labute approximate surface area is 134 Å². The summed E-state index contributed by atoms with van der Waals surface area (Å²) in [7, 11) is 0. The Kier molecular flexibility index (Phi) is 5.16. The van der Waals surface area contributed by atoms with E-state index in [-0.39, 0.29) is 17.8 Å². The van der Waals surface area contributed by atoms with Crippen molar-refractivity contribution in [1.82, 2.24) is 15.1 Å². The molecule has 0 saturated carbocycles. The van der Waals surface area contributed by atoms with Crippen LogP contribution in [-0.4, -0.2) is 33.4 Å². The monoisotopic (exact) mass is 319 g/mol. The van der Waals surface area contributed by atoms with Gasteiger partial charge in [-0.1, -0.05) is 0 Å². The maximum Gasteiger partial charge on any atom is 0.271 e. The third kappa shape index (κ3) is 4.08. The quantitative estimate of drug-likeness (QED) is 0.503. The van der Waals surface area contributed by atoms with Crippen molar-refractivity contribution in [2.24, 2.45) is 10.7 Å². The maximum absolute atomic E-state index is 11.9. The molecule has 6 nitrogen and oxygen atoms in total. The molecule has 0 spiro atoms. The van der Waals surface area contributed by atoms with Gasteiger partial charge in [0.25, 0.3) is 5.91 Å². The third-order valence-corrected chi connectivity index (χ3v) is 3.04. The number of aromatic nitrogens is 2. The van der Waals surface area contributed by atoms with Crippen LogP contribution in [0.1, 0.15) is 24.3 Å². The van der Waals surface area contributed by atoms with E-state index in [9.17, 15) is 4.79 Å². The summed E-state index contributed by atoms with van der Waals surface area (Å²) < 4.78 is 1.63. The first-order chi connectivity index (χ1) is 10.5. The second-order valence-corrected chi connectivity index (χ2v) is 5.29. The molecule has 0 aliphatic carbocycles. The summed E-state index contributed by atoms with van der Waals surface area (Å²) in [6.45, 7) is 3.81. The molecule has 1 aromatic carbocycles. The number of halogens is 1. The summed E-state index contributed by atoms with van der Waals surface area (Å²) >= 11 is 5.59. The summed E-state index contributed by atoms with van der Waals surface area (Å²) in [6, 6.07) is 9.06. The van der Waals surface area contributed by atoms with Gasteiger partial charge < -0.3 is 11.1 Å². The lowest BCUT2D eigenvalue weighted by Crippen LogP contribution is -2.30. The molecule has 0 unspecified atom stereocenters. The number of hydrogen-bond acceptors (Lipinski definition) is 3. The zero-order valence-corrected chi connectivity index (χ0v) is 13.2. The Bertz CT molecular complexity index is 675. The summed E-state index contributed by atoms with van der Waals surface area (Å²) in [5.74, 6) is 0.362. The van der Waals surface area contributed by atoms with Crippen LogP contribution in [0, 0.1) is 0 Å². The number of carbonyl (C=O) groups is 1. The van der Waals surface area contributed by atoms with Crippen molar-refractivity contribution >= 4 is 29.0 Å². The number of benzene rings is 1. The van der Waals surface area contributed by atoms with E-state index in [1.54, 1.807) is 16.9 Å². The van der Waals surface area contributed by atoms with Crippen LogP contribution >= 0.6 is 11.6 Å².